The van der Waals surface area contributed by atoms with Gasteiger partial charge < -0.3 is 0 Å². The molecule has 0 radical (unpaired) electrons. The van der Waals surface area contributed by atoms with Crippen molar-refractivity contribution < 1.29 is 4.79 Å². The van der Waals surface area contributed by atoms with Crippen molar-refractivity contribution in [3.63, 3.8) is 0 Å². The van der Waals surface area contributed by atoms with E-state index in [0.717, 1.165) is 24.7 Å². The molecule has 1 rings (SSSR count). The molecule has 1 aromatic carbocycles. The zero-order valence-electron chi connectivity index (χ0n) is 11.1. The van der Waals surface area contributed by atoms with Crippen molar-refractivity contribution in [1.82, 2.24) is 0 Å². The van der Waals surface area contributed by atoms with Gasteiger partial charge in [0, 0.05) is 5.56 Å². The summed E-state index contributed by atoms with van der Waals surface area (Å²) >= 11 is 0. The predicted molar refractivity (Wildman–Crippen MR) is 77.9 cm³/mol. The van der Waals surface area contributed by atoms with E-state index in [2.05, 4.69) is 38.6 Å². The molecule has 0 saturated heterocycles. The average molecular weight is 240 g/mol. The Hall–Kier alpha value is -1.89. The van der Waals surface area contributed by atoms with Gasteiger partial charge in [0.1, 0.15) is 6.29 Å². The van der Waals surface area contributed by atoms with Crippen LogP contribution in [0.15, 0.2) is 60.2 Å². The molecule has 0 aromatic heterocycles. The van der Waals surface area contributed by atoms with Crippen LogP contribution in [-0.2, 0) is 6.42 Å². The molecule has 0 aliphatic heterocycles. The first-order valence-corrected chi connectivity index (χ1v) is 6.16. The van der Waals surface area contributed by atoms with Crippen LogP contribution in [0, 0.1) is 0 Å². The van der Waals surface area contributed by atoms with Gasteiger partial charge in [-0.15, -0.1) is 0 Å². The molecular formula is C17H20O. The number of hydrogen-bond donors (Lipinski definition) is 0. The molecule has 0 unspecified atom stereocenters. The molecule has 0 heterocycles. The van der Waals surface area contributed by atoms with E-state index in [-0.39, 0.29) is 0 Å². The minimum Gasteiger partial charge on any atom is -0.298 e. The summed E-state index contributed by atoms with van der Waals surface area (Å²) in [6, 6.07) is 7.74. The number of allylic oxidation sites excluding steroid dienone is 5. The van der Waals surface area contributed by atoms with Gasteiger partial charge in [0.2, 0.25) is 0 Å². The third-order valence-corrected chi connectivity index (χ3v) is 2.68. The third-order valence-electron chi connectivity index (χ3n) is 2.68. The SMILES string of the molecule is C=C/C(=C\C=C(C)C)CCc1cccc(C=O)c1. The number of hydrogen-bond acceptors (Lipinski definition) is 1. The van der Waals surface area contributed by atoms with Gasteiger partial charge in [-0.2, -0.15) is 0 Å². The summed E-state index contributed by atoms with van der Waals surface area (Å²) < 4.78 is 0. The highest BCUT2D eigenvalue weighted by molar-refractivity contribution is 5.74. The van der Waals surface area contributed by atoms with E-state index in [1.165, 1.54) is 16.7 Å². The zero-order chi connectivity index (χ0) is 13.4. The highest BCUT2D eigenvalue weighted by Gasteiger charge is 1.97. The van der Waals surface area contributed by atoms with Crippen LogP contribution >= 0.6 is 0 Å². The van der Waals surface area contributed by atoms with E-state index in [9.17, 15) is 4.79 Å². The van der Waals surface area contributed by atoms with Crippen LogP contribution < -0.4 is 0 Å². The molecule has 18 heavy (non-hydrogen) atoms. The van der Waals surface area contributed by atoms with Gasteiger partial charge in [-0.3, -0.25) is 4.79 Å². The second-order valence-electron chi connectivity index (χ2n) is 4.55. The van der Waals surface area contributed by atoms with Crippen molar-refractivity contribution >= 4 is 6.29 Å². The molecule has 94 valence electrons. The Morgan fingerprint density at radius 3 is 2.67 bits per heavy atom. The summed E-state index contributed by atoms with van der Waals surface area (Å²) in [5, 5.41) is 0. The van der Waals surface area contributed by atoms with Crippen LogP contribution in [0.25, 0.3) is 0 Å². The Morgan fingerprint density at radius 2 is 2.06 bits per heavy atom. The highest BCUT2D eigenvalue weighted by atomic mass is 16.1. The molecule has 0 fully saturated rings. The number of benzene rings is 1. The fourth-order valence-corrected chi connectivity index (χ4v) is 1.64. The van der Waals surface area contributed by atoms with Gasteiger partial charge in [-0.25, -0.2) is 0 Å². The van der Waals surface area contributed by atoms with E-state index in [4.69, 9.17) is 0 Å². The summed E-state index contributed by atoms with van der Waals surface area (Å²) in [6.07, 6.45) is 8.84. The first-order chi connectivity index (χ1) is 8.65. The van der Waals surface area contributed by atoms with Crippen LogP contribution in [0.2, 0.25) is 0 Å². The van der Waals surface area contributed by atoms with Crippen LogP contribution in [0.5, 0.6) is 0 Å². The number of carbonyl (C=O) groups excluding carboxylic acids is 1. The minimum atomic E-state index is 0.737. The predicted octanol–water partition coefficient (Wildman–Crippen LogP) is 4.51. The number of carbonyl (C=O) groups is 1. The van der Waals surface area contributed by atoms with E-state index >= 15 is 0 Å². The second kappa shape index (κ2) is 7.44. The Labute approximate surface area is 110 Å². The van der Waals surface area contributed by atoms with Crippen LogP contribution in [0.3, 0.4) is 0 Å². The number of aldehydes is 1. The van der Waals surface area contributed by atoms with Gasteiger partial charge in [-0.1, -0.05) is 48.6 Å². The minimum absolute atomic E-state index is 0.737. The van der Waals surface area contributed by atoms with E-state index in [1.54, 1.807) is 0 Å². The average Bonchev–Trinajstić information content (AvgIpc) is 2.39. The van der Waals surface area contributed by atoms with Crippen molar-refractivity contribution in [3.8, 4) is 0 Å². The van der Waals surface area contributed by atoms with Gasteiger partial charge in [0.15, 0.2) is 0 Å². The van der Waals surface area contributed by atoms with Crippen molar-refractivity contribution in [1.29, 1.82) is 0 Å². The smallest absolute Gasteiger partial charge is 0.150 e. The summed E-state index contributed by atoms with van der Waals surface area (Å²) in [7, 11) is 0. The third kappa shape index (κ3) is 4.96. The van der Waals surface area contributed by atoms with Crippen LogP contribution in [-0.4, -0.2) is 6.29 Å². The van der Waals surface area contributed by atoms with Crippen molar-refractivity contribution in [2.24, 2.45) is 0 Å². The van der Waals surface area contributed by atoms with Crippen molar-refractivity contribution in [2.45, 2.75) is 26.7 Å². The van der Waals surface area contributed by atoms with E-state index in [0.29, 0.717) is 0 Å². The summed E-state index contributed by atoms with van der Waals surface area (Å²) in [4.78, 5) is 10.7. The molecule has 1 nitrogen and oxygen atoms in total. The highest BCUT2D eigenvalue weighted by Crippen LogP contribution is 2.12. The largest absolute Gasteiger partial charge is 0.298 e. The lowest BCUT2D eigenvalue weighted by Gasteiger charge is -2.03. The van der Waals surface area contributed by atoms with E-state index < -0.39 is 0 Å². The summed E-state index contributed by atoms with van der Waals surface area (Å²) in [5.41, 5.74) is 4.41. The molecule has 0 saturated carbocycles. The number of rotatable bonds is 6. The Morgan fingerprint density at radius 1 is 1.28 bits per heavy atom. The molecular weight excluding hydrogens is 220 g/mol. The molecule has 0 spiro atoms. The van der Waals surface area contributed by atoms with E-state index in [1.807, 2.05) is 24.3 Å². The van der Waals surface area contributed by atoms with Gasteiger partial charge in [-0.05, 0) is 43.9 Å². The fourth-order valence-electron chi connectivity index (χ4n) is 1.64. The lowest BCUT2D eigenvalue weighted by molar-refractivity contribution is 0.112. The Bertz CT molecular complexity index is 474. The maximum Gasteiger partial charge on any atom is 0.150 e. The fraction of sp³-hybridized carbons (Fsp3) is 0.235. The lowest BCUT2D eigenvalue weighted by Crippen LogP contribution is -1.89. The molecule has 0 bridgehead atoms. The molecule has 0 aliphatic rings. The summed E-state index contributed by atoms with van der Waals surface area (Å²) in [5.74, 6) is 0. The first-order valence-electron chi connectivity index (χ1n) is 6.16. The quantitative estimate of drug-likeness (QED) is 0.528. The van der Waals surface area contributed by atoms with Crippen LogP contribution in [0.4, 0.5) is 0 Å². The molecule has 0 amide bonds. The van der Waals surface area contributed by atoms with Gasteiger partial charge in [0.05, 0.1) is 0 Å². The Kier molecular flexibility index (Phi) is 5.86. The standard InChI is InChI=1S/C17H20O/c1-4-15(9-8-14(2)3)10-11-16-6-5-7-17(12-16)13-18/h4-9,12-13H,1,10-11H2,2-3H3/b15-9+. The Balaban J connectivity index is 2.68. The summed E-state index contributed by atoms with van der Waals surface area (Å²) in [6.45, 7) is 7.98. The molecule has 0 atom stereocenters. The first kappa shape index (κ1) is 14.2. The molecule has 1 heteroatoms. The maximum atomic E-state index is 10.7. The van der Waals surface area contributed by atoms with Crippen molar-refractivity contribution in [3.05, 3.63) is 71.3 Å². The van der Waals surface area contributed by atoms with Crippen molar-refractivity contribution in [2.75, 3.05) is 0 Å². The maximum absolute atomic E-state index is 10.7. The zero-order valence-corrected chi connectivity index (χ0v) is 11.1. The van der Waals surface area contributed by atoms with Crippen LogP contribution in [0.1, 0.15) is 36.2 Å². The normalized spacial score (nSPS) is 10.9. The molecule has 0 N–H and O–H groups in total. The monoisotopic (exact) mass is 240 g/mol. The molecule has 1 aromatic rings. The van der Waals surface area contributed by atoms with Gasteiger partial charge >= 0.3 is 0 Å². The number of aryl methyl sites for hydroxylation is 1. The lowest BCUT2D eigenvalue weighted by atomic mass is 10.0. The van der Waals surface area contributed by atoms with Gasteiger partial charge in [0.25, 0.3) is 0 Å². The molecule has 0 aliphatic carbocycles. The second-order valence-corrected chi connectivity index (χ2v) is 4.55. The topological polar surface area (TPSA) is 17.1 Å².